The van der Waals surface area contributed by atoms with Crippen molar-refractivity contribution in [3.05, 3.63) is 42.3 Å². The lowest BCUT2D eigenvalue weighted by atomic mass is 10.1. The van der Waals surface area contributed by atoms with Crippen molar-refractivity contribution >= 4 is 0 Å². The van der Waals surface area contributed by atoms with Crippen LogP contribution in [-0.4, -0.2) is 0 Å². The fourth-order valence-electron chi connectivity index (χ4n) is 1.04. The smallest absolute Gasteiger partial charge is 0.139 e. The Hall–Kier alpha value is -0.850. The predicted octanol–water partition coefficient (Wildman–Crippen LogP) is 2.46. The maximum Gasteiger partial charge on any atom is 0.139 e. The second-order valence-corrected chi connectivity index (χ2v) is 2.64. The number of rotatable bonds is 1. The van der Waals surface area contributed by atoms with Gasteiger partial charge in [-0.05, 0) is 12.0 Å². The summed E-state index contributed by atoms with van der Waals surface area (Å²) in [5.41, 5.74) is -0.295. The summed E-state index contributed by atoms with van der Waals surface area (Å²) in [6.45, 7) is 0. The van der Waals surface area contributed by atoms with Gasteiger partial charge in [0, 0.05) is 6.42 Å². The maximum absolute atomic E-state index is 13.2. The molecule has 0 spiro atoms. The summed E-state index contributed by atoms with van der Waals surface area (Å²) in [6, 6.07) is 9.27. The van der Waals surface area contributed by atoms with Gasteiger partial charge in [-0.1, -0.05) is 30.3 Å². The summed E-state index contributed by atoms with van der Waals surface area (Å²) in [6.07, 6.45) is 2.26. The monoisotopic (exact) mass is 135 g/mol. The molecule has 1 aromatic carbocycles. The normalized spacial score (nSPS) is 20.5. The molecule has 51 valence electrons. The van der Waals surface area contributed by atoms with Gasteiger partial charge < -0.3 is 0 Å². The van der Waals surface area contributed by atoms with Crippen LogP contribution in [-0.2, 0) is 5.67 Å². The third kappa shape index (κ3) is 0.821. The van der Waals surface area contributed by atoms with Crippen LogP contribution >= 0.6 is 0 Å². The zero-order valence-corrected chi connectivity index (χ0v) is 5.55. The molecule has 0 aromatic heterocycles. The topological polar surface area (TPSA) is 0 Å². The molecule has 0 amide bonds. The fraction of sp³-hybridized carbons (Fsp3) is 0.222. The minimum absolute atomic E-state index is 0.580. The van der Waals surface area contributed by atoms with E-state index >= 15 is 0 Å². The predicted molar refractivity (Wildman–Crippen MR) is 38.1 cm³/mol. The van der Waals surface area contributed by atoms with Crippen LogP contribution in [0.15, 0.2) is 30.3 Å². The van der Waals surface area contributed by atoms with Crippen molar-refractivity contribution in [3.63, 3.8) is 0 Å². The Morgan fingerprint density at radius 1 is 1.20 bits per heavy atom. The molecule has 2 rings (SSSR count). The molecule has 1 aliphatic carbocycles. The third-order valence-electron chi connectivity index (χ3n) is 1.82. The molecule has 1 heteroatoms. The van der Waals surface area contributed by atoms with Gasteiger partial charge in [0.05, 0.1) is 0 Å². The molecular formula is C9H8F. The highest BCUT2D eigenvalue weighted by atomic mass is 19.1. The Morgan fingerprint density at radius 3 is 2.30 bits per heavy atom. The van der Waals surface area contributed by atoms with E-state index in [1.807, 2.05) is 30.3 Å². The van der Waals surface area contributed by atoms with Crippen LogP contribution in [0, 0.1) is 6.42 Å². The summed E-state index contributed by atoms with van der Waals surface area (Å²) >= 11 is 0. The second-order valence-electron chi connectivity index (χ2n) is 2.64. The average Bonchev–Trinajstić information content (AvgIpc) is 2.72. The molecule has 1 saturated carbocycles. The van der Waals surface area contributed by atoms with Crippen molar-refractivity contribution in [2.45, 2.75) is 12.1 Å². The highest BCUT2D eigenvalue weighted by molar-refractivity contribution is 5.33. The fourth-order valence-corrected chi connectivity index (χ4v) is 1.04. The van der Waals surface area contributed by atoms with E-state index in [0.717, 1.165) is 5.56 Å². The van der Waals surface area contributed by atoms with Crippen LogP contribution in [0.2, 0.25) is 0 Å². The minimum Gasteiger partial charge on any atom is -0.238 e. The highest BCUT2D eigenvalue weighted by Crippen LogP contribution is 2.47. The Labute approximate surface area is 59.7 Å². The molecule has 0 aliphatic heterocycles. The average molecular weight is 135 g/mol. The van der Waals surface area contributed by atoms with E-state index in [9.17, 15) is 4.39 Å². The summed E-state index contributed by atoms with van der Waals surface area (Å²) in [5, 5.41) is 0. The van der Waals surface area contributed by atoms with E-state index in [2.05, 4.69) is 0 Å². The quantitative estimate of drug-likeness (QED) is 0.555. The molecule has 10 heavy (non-hydrogen) atoms. The third-order valence-corrected chi connectivity index (χ3v) is 1.82. The van der Waals surface area contributed by atoms with Crippen molar-refractivity contribution in [1.29, 1.82) is 0 Å². The maximum atomic E-state index is 13.2. The summed E-state index contributed by atoms with van der Waals surface area (Å²) < 4.78 is 13.2. The molecule has 0 N–H and O–H groups in total. The Kier molecular flexibility index (Phi) is 1.07. The van der Waals surface area contributed by atoms with Crippen LogP contribution in [0.3, 0.4) is 0 Å². The lowest BCUT2D eigenvalue weighted by Crippen LogP contribution is -1.95. The molecular weight excluding hydrogens is 127 g/mol. The second kappa shape index (κ2) is 1.82. The Balaban J connectivity index is 2.35. The van der Waals surface area contributed by atoms with Crippen LogP contribution in [0.4, 0.5) is 4.39 Å². The molecule has 1 unspecified atom stereocenters. The highest BCUT2D eigenvalue weighted by Gasteiger charge is 2.45. The number of alkyl halides is 1. The zero-order valence-electron chi connectivity index (χ0n) is 5.55. The van der Waals surface area contributed by atoms with Gasteiger partial charge in [-0.15, -0.1) is 0 Å². The largest absolute Gasteiger partial charge is 0.238 e. The van der Waals surface area contributed by atoms with Crippen molar-refractivity contribution < 1.29 is 4.39 Å². The standard InChI is InChI=1S/C9H8F/c10-9(6-7-9)8-4-2-1-3-5-8/h1-6H,7H2. The van der Waals surface area contributed by atoms with Gasteiger partial charge in [0.15, 0.2) is 0 Å². The van der Waals surface area contributed by atoms with Gasteiger partial charge in [-0.2, -0.15) is 0 Å². The first kappa shape index (κ1) is 5.90. The van der Waals surface area contributed by atoms with Crippen molar-refractivity contribution in [2.75, 3.05) is 0 Å². The van der Waals surface area contributed by atoms with Gasteiger partial charge in [0.2, 0.25) is 0 Å². The number of hydrogen-bond acceptors (Lipinski definition) is 0. The lowest BCUT2D eigenvalue weighted by molar-refractivity contribution is 0.334. The van der Waals surface area contributed by atoms with E-state index in [1.165, 1.54) is 0 Å². The zero-order chi connectivity index (χ0) is 7.03. The first-order valence-corrected chi connectivity index (χ1v) is 3.40. The number of halogens is 1. The molecule has 1 radical (unpaired) electrons. The van der Waals surface area contributed by atoms with E-state index in [0.29, 0.717) is 6.42 Å². The molecule has 1 atom stereocenters. The molecule has 0 saturated heterocycles. The van der Waals surface area contributed by atoms with Gasteiger partial charge in [-0.25, -0.2) is 4.39 Å². The molecule has 0 heterocycles. The van der Waals surface area contributed by atoms with Gasteiger partial charge >= 0.3 is 0 Å². The summed E-state index contributed by atoms with van der Waals surface area (Å²) in [4.78, 5) is 0. The van der Waals surface area contributed by atoms with Crippen LogP contribution in [0.25, 0.3) is 0 Å². The van der Waals surface area contributed by atoms with E-state index in [-0.39, 0.29) is 0 Å². The molecule has 1 fully saturated rings. The van der Waals surface area contributed by atoms with Crippen LogP contribution in [0.1, 0.15) is 12.0 Å². The van der Waals surface area contributed by atoms with Crippen LogP contribution in [0.5, 0.6) is 0 Å². The van der Waals surface area contributed by atoms with E-state index in [4.69, 9.17) is 0 Å². The molecule has 0 nitrogen and oxygen atoms in total. The molecule has 1 aliphatic rings. The van der Waals surface area contributed by atoms with Crippen molar-refractivity contribution in [1.82, 2.24) is 0 Å². The minimum atomic E-state index is -1.08. The SMILES string of the molecule is FC1(c2ccccc2)[CH]C1. The van der Waals surface area contributed by atoms with E-state index in [1.54, 1.807) is 6.42 Å². The molecule has 0 bridgehead atoms. The van der Waals surface area contributed by atoms with Gasteiger partial charge in [-0.3, -0.25) is 0 Å². The van der Waals surface area contributed by atoms with E-state index < -0.39 is 5.67 Å². The van der Waals surface area contributed by atoms with Crippen LogP contribution < -0.4 is 0 Å². The number of benzene rings is 1. The summed E-state index contributed by atoms with van der Waals surface area (Å²) in [7, 11) is 0. The number of hydrogen-bond donors (Lipinski definition) is 0. The van der Waals surface area contributed by atoms with Gasteiger partial charge in [0.25, 0.3) is 0 Å². The summed E-state index contributed by atoms with van der Waals surface area (Å²) in [5.74, 6) is 0. The first-order chi connectivity index (χ1) is 4.81. The Morgan fingerprint density at radius 2 is 1.80 bits per heavy atom. The lowest BCUT2D eigenvalue weighted by Gasteiger charge is -2.01. The van der Waals surface area contributed by atoms with Crippen molar-refractivity contribution in [2.24, 2.45) is 0 Å². The first-order valence-electron chi connectivity index (χ1n) is 3.40. The molecule has 1 aromatic rings. The van der Waals surface area contributed by atoms with Gasteiger partial charge in [0.1, 0.15) is 5.67 Å². The van der Waals surface area contributed by atoms with Crippen molar-refractivity contribution in [3.8, 4) is 0 Å². The Bertz CT molecular complexity index is 224.